The zero-order valence-corrected chi connectivity index (χ0v) is 14.9. The van der Waals surface area contributed by atoms with E-state index in [1.54, 1.807) is 0 Å². The van der Waals surface area contributed by atoms with Crippen LogP contribution < -0.4 is 5.32 Å². The van der Waals surface area contributed by atoms with Crippen molar-refractivity contribution < 1.29 is 9.59 Å². The highest BCUT2D eigenvalue weighted by molar-refractivity contribution is 6.30. The smallest absolute Gasteiger partial charge is 0.226 e. The van der Waals surface area contributed by atoms with Gasteiger partial charge < -0.3 is 10.2 Å². The molecule has 0 aromatic heterocycles. The van der Waals surface area contributed by atoms with Crippen molar-refractivity contribution in [2.75, 3.05) is 19.6 Å². The van der Waals surface area contributed by atoms with Gasteiger partial charge in [-0.25, -0.2) is 0 Å². The minimum atomic E-state index is -0.123. The number of carbonyl (C=O) groups excluding carboxylic acids is 2. The van der Waals surface area contributed by atoms with Crippen molar-refractivity contribution in [2.45, 2.75) is 32.6 Å². The van der Waals surface area contributed by atoms with E-state index >= 15 is 0 Å². The Morgan fingerprint density at radius 1 is 1.17 bits per heavy atom. The van der Waals surface area contributed by atoms with Gasteiger partial charge in [-0.2, -0.15) is 0 Å². The fraction of sp³-hybridized carbons (Fsp3) is 0.579. The molecule has 1 N–H and O–H groups in total. The van der Waals surface area contributed by atoms with Crippen molar-refractivity contribution in [1.82, 2.24) is 10.2 Å². The van der Waals surface area contributed by atoms with Gasteiger partial charge in [-0.05, 0) is 49.3 Å². The molecule has 130 valence electrons. The Hall–Kier alpha value is -1.55. The fourth-order valence-electron chi connectivity index (χ4n) is 3.33. The molecule has 3 rings (SSSR count). The molecule has 24 heavy (non-hydrogen) atoms. The maximum Gasteiger partial charge on any atom is 0.226 e. The van der Waals surface area contributed by atoms with Crippen LogP contribution in [0.15, 0.2) is 24.3 Å². The minimum Gasteiger partial charge on any atom is -0.356 e. The normalized spacial score (nSPS) is 23.8. The van der Waals surface area contributed by atoms with Crippen molar-refractivity contribution in [3.8, 4) is 0 Å². The molecule has 1 aliphatic heterocycles. The second kappa shape index (κ2) is 7.56. The molecule has 0 spiro atoms. The molecule has 2 unspecified atom stereocenters. The summed E-state index contributed by atoms with van der Waals surface area (Å²) in [6.07, 6.45) is 3.64. The number of hydrogen-bond acceptors (Lipinski definition) is 2. The van der Waals surface area contributed by atoms with E-state index in [2.05, 4.69) is 12.2 Å². The Morgan fingerprint density at radius 2 is 1.83 bits per heavy atom. The number of benzene rings is 1. The predicted octanol–water partition coefficient (Wildman–Crippen LogP) is 2.89. The zero-order chi connectivity index (χ0) is 17.1. The first-order valence-electron chi connectivity index (χ1n) is 8.85. The number of amides is 2. The van der Waals surface area contributed by atoms with Crippen LogP contribution in [0, 0.1) is 17.8 Å². The number of nitrogens with zero attached hydrogens (tertiary/aromatic N) is 1. The molecule has 1 saturated heterocycles. The lowest BCUT2D eigenvalue weighted by atomic mass is 9.99. The third-order valence-corrected chi connectivity index (χ3v) is 5.42. The second-order valence-electron chi connectivity index (χ2n) is 7.12. The average Bonchev–Trinajstić information content (AvgIpc) is 3.37. The van der Waals surface area contributed by atoms with Crippen LogP contribution in [0.3, 0.4) is 0 Å². The standard InChI is InChI=1S/C19H25ClN2O2/c1-13-7-10-22(11-8-13)19(24)17-12-16(17)18(23)21-9-6-14-2-4-15(20)5-3-14/h2-5,13,16-17H,6-12H2,1H3,(H,21,23). The van der Waals surface area contributed by atoms with Gasteiger partial charge in [-0.1, -0.05) is 30.7 Å². The first kappa shape index (κ1) is 17.3. The molecule has 2 atom stereocenters. The molecule has 1 aromatic carbocycles. The largest absolute Gasteiger partial charge is 0.356 e. The van der Waals surface area contributed by atoms with Crippen LogP contribution in [0.1, 0.15) is 31.7 Å². The Kier molecular flexibility index (Phi) is 5.44. The molecule has 1 aliphatic carbocycles. The molecular weight excluding hydrogens is 324 g/mol. The summed E-state index contributed by atoms with van der Waals surface area (Å²) in [6.45, 7) is 4.53. The lowest BCUT2D eigenvalue weighted by Gasteiger charge is -2.30. The van der Waals surface area contributed by atoms with Crippen LogP contribution in [0.4, 0.5) is 0 Å². The molecule has 0 bridgehead atoms. The van der Waals surface area contributed by atoms with Gasteiger partial charge in [0, 0.05) is 24.7 Å². The highest BCUT2D eigenvalue weighted by atomic mass is 35.5. The van der Waals surface area contributed by atoms with Gasteiger partial charge in [0.1, 0.15) is 0 Å². The molecule has 2 fully saturated rings. The van der Waals surface area contributed by atoms with Crippen LogP contribution in [-0.4, -0.2) is 36.3 Å². The molecule has 2 aliphatic rings. The van der Waals surface area contributed by atoms with Gasteiger partial charge in [0.25, 0.3) is 0 Å². The predicted molar refractivity (Wildman–Crippen MR) is 94.7 cm³/mol. The van der Waals surface area contributed by atoms with Crippen LogP contribution in [0.2, 0.25) is 5.02 Å². The van der Waals surface area contributed by atoms with E-state index in [9.17, 15) is 9.59 Å². The summed E-state index contributed by atoms with van der Waals surface area (Å²) in [4.78, 5) is 26.6. The van der Waals surface area contributed by atoms with Crippen molar-refractivity contribution in [3.05, 3.63) is 34.9 Å². The maximum atomic E-state index is 12.4. The van der Waals surface area contributed by atoms with E-state index in [4.69, 9.17) is 11.6 Å². The van der Waals surface area contributed by atoms with Gasteiger partial charge in [0.05, 0.1) is 11.8 Å². The molecule has 1 aromatic rings. The lowest BCUT2D eigenvalue weighted by Crippen LogP contribution is -2.39. The van der Waals surface area contributed by atoms with E-state index in [-0.39, 0.29) is 23.7 Å². The third-order valence-electron chi connectivity index (χ3n) is 5.17. The summed E-state index contributed by atoms with van der Waals surface area (Å²) in [5, 5.41) is 3.68. The van der Waals surface area contributed by atoms with E-state index in [0.29, 0.717) is 23.9 Å². The maximum absolute atomic E-state index is 12.4. The number of hydrogen-bond donors (Lipinski definition) is 1. The van der Waals surface area contributed by atoms with Crippen LogP contribution in [0.25, 0.3) is 0 Å². The van der Waals surface area contributed by atoms with E-state index < -0.39 is 0 Å². The lowest BCUT2D eigenvalue weighted by molar-refractivity contribution is -0.135. The summed E-state index contributed by atoms with van der Waals surface area (Å²) in [5.41, 5.74) is 1.14. The number of rotatable bonds is 5. The first-order valence-corrected chi connectivity index (χ1v) is 9.23. The van der Waals surface area contributed by atoms with Gasteiger partial charge >= 0.3 is 0 Å². The summed E-state index contributed by atoms with van der Waals surface area (Å²) in [7, 11) is 0. The van der Waals surface area contributed by atoms with Gasteiger partial charge in [-0.3, -0.25) is 9.59 Å². The molecule has 5 heteroatoms. The summed E-state index contributed by atoms with van der Waals surface area (Å²) < 4.78 is 0. The molecular formula is C19H25ClN2O2. The number of halogens is 1. The van der Waals surface area contributed by atoms with Gasteiger partial charge in [0.2, 0.25) is 11.8 Å². The number of piperidine rings is 1. The summed E-state index contributed by atoms with van der Waals surface area (Å²) in [6, 6.07) is 7.64. The minimum absolute atomic E-state index is 0.0210. The summed E-state index contributed by atoms with van der Waals surface area (Å²) >= 11 is 5.86. The van der Waals surface area contributed by atoms with E-state index in [0.717, 1.165) is 37.9 Å². The van der Waals surface area contributed by atoms with Crippen molar-refractivity contribution in [1.29, 1.82) is 0 Å². The Morgan fingerprint density at radius 3 is 2.50 bits per heavy atom. The number of likely N-dealkylation sites (tertiary alicyclic amines) is 1. The molecule has 1 heterocycles. The Balaban J connectivity index is 1.39. The molecule has 1 saturated carbocycles. The Bertz CT molecular complexity index is 594. The summed E-state index contributed by atoms with van der Waals surface area (Å²) in [5.74, 6) is 0.698. The molecule has 4 nitrogen and oxygen atoms in total. The van der Waals surface area contributed by atoms with Crippen molar-refractivity contribution in [3.63, 3.8) is 0 Å². The molecule has 2 amide bonds. The van der Waals surface area contributed by atoms with E-state index in [1.807, 2.05) is 29.2 Å². The monoisotopic (exact) mass is 348 g/mol. The SMILES string of the molecule is CC1CCN(C(=O)C2CC2C(=O)NCCc2ccc(Cl)cc2)CC1. The third kappa shape index (κ3) is 4.29. The fourth-order valence-corrected chi connectivity index (χ4v) is 3.46. The van der Waals surface area contributed by atoms with Crippen LogP contribution in [-0.2, 0) is 16.0 Å². The van der Waals surface area contributed by atoms with E-state index in [1.165, 1.54) is 0 Å². The quantitative estimate of drug-likeness (QED) is 0.889. The van der Waals surface area contributed by atoms with Gasteiger partial charge in [-0.15, -0.1) is 0 Å². The Labute approximate surface area is 148 Å². The topological polar surface area (TPSA) is 49.4 Å². The number of carbonyl (C=O) groups is 2. The first-order chi connectivity index (χ1) is 11.5. The highest BCUT2D eigenvalue weighted by Crippen LogP contribution is 2.40. The van der Waals surface area contributed by atoms with Crippen molar-refractivity contribution in [2.24, 2.45) is 17.8 Å². The average molecular weight is 349 g/mol. The number of nitrogens with one attached hydrogen (secondary N) is 1. The zero-order valence-electron chi connectivity index (χ0n) is 14.1. The molecule has 0 radical (unpaired) electrons. The van der Waals surface area contributed by atoms with Crippen LogP contribution in [0.5, 0.6) is 0 Å². The second-order valence-corrected chi connectivity index (χ2v) is 7.56. The van der Waals surface area contributed by atoms with Crippen LogP contribution >= 0.6 is 11.6 Å². The highest BCUT2D eigenvalue weighted by Gasteiger charge is 2.49. The van der Waals surface area contributed by atoms with Crippen molar-refractivity contribution >= 4 is 23.4 Å². The van der Waals surface area contributed by atoms with Gasteiger partial charge in [0.15, 0.2) is 0 Å².